The molecule has 1 aliphatic carbocycles. The molecule has 0 bridgehead atoms. The van der Waals surface area contributed by atoms with Crippen LogP contribution in [0.1, 0.15) is 41.2 Å². The van der Waals surface area contributed by atoms with Gasteiger partial charge in [0.2, 0.25) is 10.0 Å². The summed E-state index contributed by atoms with van der Waals surface area (Å²) in [5.74, 6) is 0. The lowest BCUT2D eigenvalue weighted by molar-refractivity contribution is -0.142. The summed E-state index contributed by atoms with van der Waals surface area (Å²) in [5, 5.41) is 7.82. The quantitative estimate of drug-likeness (QED) is 0.826. The molecule has 0 amide bonds. The van der Waals surface area contributed by atoms with Crippen LogP contribution in [0, 0.1) is 13.8 Å². The first-order chi connectivity index (χ1) is 12.5. The van der Waals surface area contributed by atoms with Crippen molar-refractivity contribution in [3.05, 3.63) is 28.3 Å². The van der Waals surface area contributed by atoms with E-state index in [1.54, 1.807) is 20.9 Å². The van der Waals surface area contributed by atoms with Crippen LogP contribution in [0.5, 0.6) is 0 Å². The van der Waals surface area contributed by atoms with Gasteiger partial charge in [-0.1, -0.05) is 0 Å². The molecule has 0 saturated heterocycles. The van der Waals surface area contributed by atoms with Crippen LogP contribution < -0.4 is 4.72 Å². The van der Waals surface area contributed by atoms with Gasteiger partial charge in [0.05, 0.1) is 17.9 Å². The maximum Gasteiger partial charge on any atom is 0.435 e. The second kappa shape index (κ2) is 6.93. The number of sulfonamides is 1. The Balaban J connectivity index is 1.79. The van der Waals surface area contributed by atoms with Crippen LogP contribution in [0.25, 0.3) is 0 Å². The molecule has 0 unspecified atom stereocenters. The minimum absolute atomic E-state index is 0.0377. The number of nitrogens with one attached hydrogen (secondary N) is 1. The van der Waals surface area contributed by atoms with Gasteiger partial charge in [-0.3, -0.25) is 9.36 Å². The largest absolute Gasteiger partial charge is 0.435 e. The van der Waals surface area contributed by atoms with Crippen molar-refractivity contribution in [2.24, 2.45) is 7.05 Å². The van der Waals surface area contributed by atoms with E-state index in [0.29, 0.717) is 36.3 Å². The smallest absolute Gasteiger partial charge is 0.271 e. The van der Waals surface area contributed by atoms with E-state index in [1.165, 1.54) is 9.36 Å². The molecular formula is C16H22F3N5O2S. The minimum Gasteiger partial charge on any atom is -0.271 e. The standard InChI is InChI=1S/C16H22F3N5O2S/c1-10-14(11(2)23(3)21-10)27(25,26)20-8-9-24-13-7-5-4-6-12(13)15(22-24)16(17,18)19/h20H,4-9H2,1-3H3. The van der Waals surface area contributed by atoms with E-state index in [2.05, 4.69) is 14.9 Å². The van der Waals surface area contributed by atoms with Crippen molar-refractivity contribution in [2.45, 2.75) is 57.1 Å². The minimum atomic E-state index is -4.50. The van der Waals surface area contributed by atoms with Crippen molar-refractivity contribution in [1.82, 2.24) is 24.3 Å². The fourth-order valence-electron chi connectivity index (χ4n) is 3.58. The Morgan fingerprint density at radius 2 is 1.81 bits per heavy atom. The molecule has 1 N–H and O–H groups in total. The van der Waals surface area contributed by atoms with E-state index in [9.17, 15) is 21.6 Å². The van der Waals surface area contributed by atoms with Crippen molar-refractivity contribution in [3.8, 4) is 0 Å². The Morgan fingerprint density at radius 1 is 1.15 bits per heavy atom. The predicted octanol–water partition coefficient (Wildman–Crippen LogP) is 2.11. The molecule has 2 aromatic rings. The number of hydrogen-bond donors (Lipinski definition) is 1. The van der Waals surface area contributed by atoms with Crippen LogP contribution >= 0.6 is 0 Å². The van der Waals surface area contributed by atoms with Gasteiger partial charge >= 0.3 is 6.18 Å². The summed E-state index contributed by atoms with van der Waals surface area (Å²) >= 11 is 0. The van der Waals surface area contributed by atoms with Gasteiger partial charge in [0.1, 0.15) is 4.90 Å². The van der Waals surface area contributed by atoms with Crippen LogP contribution in [0.15, 0.2) is 4.90 Å². The van der Waals surface area contributed by atoms with Gasteiger partial charge in [-0.2, -0.15) is 23.4 Å². The number of fused-ring (bicyclic) bond motifs is 1. The topological polar surface area (TPSA) is 81.8 Å². The number of alkyl halides is 3. The molecule has 0 radical (unpaired) electrons. The Hall–Kier alpha value is -1.88. The van der Waals surface area contributed by atoms with Crippen molar-refractivity contribution >= 4 is 10.0 Å². The molecule has 0 aliphatic heterocycles. The Morgan fingerprint density at radius 3 is 2.41 bits per heavy atom. The molecule has 11 heteroatoms. The highest BCUT2D eigenvalue weighted by atomic mass is 32.2. The van der Waals surface area contributed by atoms with Crippen molar-refractivity contribution < 1.29 is 21.6 Å². The van der Waals surface area contributed by atoms with E-state index in [-0.39, 0.29) is 23.5 Å². The Bertz CT molecular complexity index is 960. The predicted molar refractivity (Wildman–Crippen MR) is 91.7 cm³/mol. The first kappa shape index (κ1) is 19.9. The highest BCUT2D eigenvalue weighted by Gasteiger charge is 2.39. The summed E-state index contributed by atoms with van der Waals surface area (Å²) in [6.07, 6.45) is -2.13. The summed E-state index contributed by atoms with van der Waals surface area (Å²) < 4.78 is 70.0. The normalized spacial score (nSPS) is 15.2. The third-order valence-electron chi connectivity index (χ3n) is 4.85. The summed E-state index contributed by atoms with van der Waals surface area (Å²) in [6, 6.07) is 0. The number of nitrogens with zero attached hydrogens (tertiary/aromatic N) is 4. The van der Waals surface area contributed by atoms with E-state index in [1.807, 2.05) is 0 Å². The first-order valence-corrected chi connectivity index (χ1v) is 10.2. The number of rotatable bonds is 5. The molecule has 27 heavy (non-hydrogen) atoms. The van der Waals surface area contributed by atoms with Gasteiger partial charge < -0.3 is 0 Å². The molecule has 1 aliphatic rings. The zero-order valence-corrected chi connectivity index (χ0v) is 16.2. The van der Waals surface area contributed by atoms with E-state index in [0.717, 1.165) is 6.42 Å². The molecule has 3 rings (SSSR count). The fourth-order valence-corrected chi connectivity index (χ4v) is 5.04. The zero-order chi connectivity index (χ0) is 20.0. The SMILES string of the molecule is Cc1nn(C)c(C)c1S(=O)(=O)NCCn1nc(C(F)(F)F)c2c1CCCC2. The summed E-state index contributed by atoms with van der Waals surface area (Å²) in [7, 11) is -2.16. The number of hydrogen-bond acceptors (Lipinski definition) is 4. The second-order valence-corrected chi connectivity index (χ2v) is 8.43. The zero-order valence-electron chi connectivity index (χ0n) is 15.4. The van der Waals surface area contributed by atoms with Crippen molar-refractivity contribution in [3.63, 3.8) is 0 Å². The molecule has 0 fully saturated rings. The second-order valence-electron chi connectivity index (χ2n) is 6.72. The molecule has 0 spiro atoms. The Kier molecular flexibility index (Phi) is 5.10. The molecular weight excluding hydrogens is 383 g/mol. The molecule has 0 saturated carbocycles. The molecule has 2 heterocycles. The number of halogens is 3. The highest BCUT2D eigenvalue weighted by Crippen LogP contribution is 2.35. The first-order valence-electron chi connectivity index (χ1n) is 8.68. The maximum atomic E-state index is 13.2. The lowest BCUT2D eigenvalue weighted by Crippen LogP contribution is -2.29. The summed E-state index contributed by atoms with van der Waals surface area (Å²) in [5.41, 5.74) is 0.824. The average molecular weight is 405 g/mol. The third kappa shape index (κ3) is 3.75. The third-order valence-corrected chi connectivity index (χ3v) is 6.56. The van der Waals surface area contributed by atoms with Crippen LogP contribution in [0.4, 0.5) is 13.2 Å². The van der Waals surface area contributed by atoms with Gasteiger partial charge in [0, 0.05) is 24.8 Å². The molecule has 0 aromatic carbocycles. The van der Waals surface area contributed by atoms with Crippen molar-refractivity contribution in [2.75, 3.05) is 6.54 Å². The molecule has 2 aromatic heterocycles. The molecule has 0 atom stereocenters. The number of aromatic nitrogens is 4. The van der Waals surface area contributed by atoms with Gasteiger partial charge in [0.25, 0.3) is 0 Å². The molecule has 150 valence electrons. The van der Waals surface area contributed by atoms with Gasteiger partial charge in [-0.15, -0.1) is 0 Å². The maximum absolute atomic E-state index is 13.2. The lowest BCUT2D eigenvalue weighted by atomic mass is 9.95. The van der Waals surface area contributed by atoms with Gasteiger partial charge in [0.15, 0.2) is 5.69 Å². The molecule has 7 nitrogen and oxygen atoms in total. The van der Waals surface area contributed by atoms with Crippen LogP contribution in [0.3, 0.4) is 0 Å². The van der Waals surface area contributed by atoms with Crippen molar-refractivity contribution in [1.29, 1.82) is 0 Å². The van der Waals surface area contributed by atoms with Gasteiger partial charge in [-0.05, 0) is 39.5 Å². The van der Waals surface area contributed by atoms with Gasteiger partial charge in [-0.25, -0.2) is 13.1 Å². The highest BCUT2D eigenvalue weighted by molar-refractivity contribution is 7.89. The van der Waals surface area contributed by atoms with Crippen LogP contribution in [-0.4, -0.2) is 34.5 Å². The number of aryl methyl sites for hydroxylation is 2. The summed E-state index contributed by atoms with van der Waals surface area (Å²) in [6.45, 7) is 3.23. The Labute approximate surface area is 155 Å². The summed E-state index contributed by atoms with van der Waals surface area (Å²) in [4.78, 5) is 0.100. The van der Waals surface area contributed by atoms with Crippen LogP contribution in [-0.2, 0) is 42.6 Å². The van der Waals surface area contributed by atoms with E-state index >= 15 is 0 Å². The van der Waals surface area contributed by atoms with E-state index in [4.69, 9.17) is 0 Å². The average Bonchev–Trinajstić information content (AvgIpc) is 3.05. The van der Waals surface area contributed by atoms with Crippen LogP contribution in [0.2, 0.25) is 0 Å². The monoisotopic (exact) mass is 405 g/mol. The fraction of sp³-hybridized carbons (Fsp3) is 0.625. The van der Waals surface area contributed by atoms with E-state index < -0.39 is 21.9 Å². The lowest BCUT2D eigenvalue weighted by Gasteiger charge is -2.15.